The maximum absolute atomic E-state index is 11.1. The van der Waals surface area contributed by atoms with Crippen molar-refractivity contribution >= 4 is 0 Å². The van der Waals surface area contributed by atoms with Crippen LogP contribution in [0.25, 0.3) is 0 Å². The topological polar surface area (TPSA) is 60.7 Å². The van der Waals surface area contributed by atoms with E-state index in [2.05, 4.69) is 40.7 Å². The first-order valence-corrected chi connectivity index (χ1v) is 12.9. The lowest BCUT2D eigenvalue weighted by Gasteiger charge is -2.59. The van der Waals surface area contributed by atoms with Crippen molar-refractivity contribution in [2.75, 3.05) is 0 Å². The fraction of sp³-hybridized carbons (Fsp3) is 0.926. The average Bonchev–Trinajstić information content (AvgIpc) is 3.02. The first-order chi connectivity index (χ1) is 14.1. The molecule has 4 aliphatic carbocycles. The van der Waals surface area contributed by atoms with E-state index in [0.29, 0.717) is 23.7 Å². The van der Waals surface area contributed by atoms with Crippen molar-refractivity contribution in [3.05, 3.63) is 11.6 Å². The summed E-state index contributed by atoms with van der Waals surface area (Å²) in [6.45, 7) is 12.0. The van der Waals surface area contributed by atoms with Gasteiger partial charge in [-0.25, -0.2) is 0 Å². The second-order valence-corrected chi connectivity index (χ2v) is 12.4. The highest BCUT2D eigenvalue weighted by Gasteiger charge is 2.61. The normalized spacial score (nSPS) is 49.2. The molecule has 3 fully saturated rings. The molecule has 0 aliphatic heterocycles. The molecule has 0 bridgehead atoms. The third kappa shape index (κ3) is 3.52. The van der Waals surface area contributed by atoms with Crippen LogP contribution in [-0.4, -0.2) is 33.6 Å². The van der Waals surface area contributed by atoms with E-state index in [1.165, 1.54) is 50.5 Å². The van der Waals surface area contributed by atoms with Gasteiger partial charge in [0.15, 0.2) is 0 Å². The molecule has 0 radical (unpaired) electrons. The zero-order chi connectivity index (χ0) is 21.8. The number of aliphatic hydroxyl groups is 3. The SMILES string of the molecule is CC(C)CCC[C@@H](C)[C@H]1CC[C@H]2C3=C[C@@H](O)[C@@H]4C(O)[C@@H](O)CC[C@]4(C)[C@H]3CC[C@]12C. The molecule has 3 heteroatoms. The molecule has 1 unspecified atom stereocenters. The van der Waals surface area contributed by atoms with E-state index in [1.807, 2.05) is 0 Å². The summed E-state index contributed by atoms with van der Waals surface area (Å²) < 4.78 is 0. The van der Waals surface area contributed by atoms with Crippen LogP contribution in [-0.2, 0) is 0 Å². The highest BCUT2D eigenvalue weighted by molar-refractivity contribution is 5.30. The molecule has 172 valence electrons. The van der Waals surface area contributed by atoms with Crippen molar-refractivity contribution in [1.82, 2.24) is 0 Å². The van der Waals surface area contributed by atoms with Crippen LogP contribution in [0.2, 0.25) is 0 Å². The van der Waals surface area contributed by atoms with Crippen molar-refractivity contribution in [3.63, 3.8) is 0 Å². The molecule has 3 nitrogen and oxygen atoms in total. The Labute approximate surface area is 184 Å². The quantitative estimate of drug-likeness (QED) is 0.529. The molecule has 3 saturated carbocycles. The summed E-state index contributed by atoms with van der Waals surface area (Å²) in [7, 11) is 0. The zero-order valence-corrected chi connectivity index (χ0v) is 20.0. The van der Waals surface area contributed by atoms with Gasteiger partial charge < -0.3 is 15.3 Å². The summed E-state index contributed by atoms with van der Waals surface area (Å²) in [5, 5.41) is 32.1. The molecule has 30 heavy (non-hydrogen) atoms. The predicted octanol–water partition coefficient (Wildman–Crippen LogP) is 5.33. The Balaban J connectivity index is 1.56. The van der Waals surface area contributed by atoms with Gasteiger partial charge in [-0.2, -0.15) is 0 Å². The molecule has 3 N–H and O–H groups in total. The fourth-order valence-electron chi connectivity index (χ4n) is 8.69. The van der Waals surface area contributed by atoms with Crippen molar-refractivity contribution in [1.29, 1.82) is 0 Å². The van der Waals surface area contributed by atoms with Crippen LogP contribution in [0.3, 0.4) is 0 Å². The Bertz CT molecular complexity index is 656. The maximum atomic E-state index is 11.1. The maximum Gasteiger partial charge on any atom is 0.0860 e. The summed E-state index contributed by atoms with van der Waals surface area (Å²) in [5.74, 6) is 3.18. The smallest absolute Gasteiger partial charge is 0.0860 e. The Morgan fingerprint density at radius 1 is 0.900 bits per heavy atom. The first-order valence-electron chi connectivity index (χ1n) is 12.9. The predicted molar refractivity (Wildman–Crippen MR) is 122 cm³/mol. The molecule has 4 aliphatic rings. The minimum atomic E-state index is -0.804. The summed E-state index contributed by atoms with van der Waals surface area (Å²) in [6.07, 6.45) is 10.6. The Kier molecular flexibility index (Phi) is 6.23. The standard InChI is InChI=1S/C27H46O3/c1-16(2)7-6-8-17(3)19-9-10-20-18-15-23(29)24-25(30)22(28)12-14-27(24,5)21(18)11-13-26(19,20)4/h15-17,19-25,28-30H,6-14H2,1-5H3/t17-,19-,20+,21+,22+,23-,24-,25?,26-,27-/m1/s1. The largest absolute Gasteiger partial charge is 0.390 e. The summed E-state index contributed by atoms with van der Waals surface area (Å²) >= 11 is 0. The minimum Gasteiger partial charge on any atom is -0.390 e. The van der Waals surface area contributed by atoms with Gasteiger partial charge in [0.2, 0.25) is 0 Å². The monoisotopic (exact) mass is 418 g/mol. The molecule has 0 saturated heterocycles. The number of aliphatic hydroxyl groups excluding tert-OH is 3. The second kappa shape index (κ2) is 8.19. The Hall–Kier alpha value is -0.380. The summed E-state index contributed by atoms with van der Waals surface area (Å²) in [4.78, 5) is 0. The van der Waals surface area contributed by atoms with Gasteiger partial charge in [-0.15, -0.1) is 0 Å². The number of allylic oxidation sites excluding steroid dienone is 1. The van der Waals surface area contributed by atoms with Crippen molar-refractivity contribution in [2.45, 2.75) is 111 Å². The molecule has 10 atom stereocenters. The van der Waals surface area contributed by atoms with Gasteiger partial charge in [0.05, 0.1) is 18.3 Å². The first kappa shape index (κ1) is 22.8. The molecule has 4 rings (SSSR count). The molecular weight excluding hydrogens is 372 g/mol. The fourth-order valence-corrected chi connectivity index (χ4v) is 8.69. The van der Waals surface area contributed by atoms with Crippen LogP contribution in [0.15, 0.2) is 11.6 Å². The minimum absolute atomic E-state index is 0.0928. The van der Waals surface area contributed by atoms with E-state index in [-0.39, 0.29) is 11.3 Å². The number of rotatable bonds is 5. The number of hydrogen-bond acceptors (Lipinski definition) is 3. The lowest BCUT2D eigenvalue weighted by molar-refractivity contribution is -0.155. The number of fused-ring (bicyclic) bond motifs is 5. The third-order valence-electron chi connectivity index (χ3n) is 10.3. The molecule has 0 aromatic rings. The van der Waals surface area contributed by atoms with Crippen LogP contribution in [0, 0.1) is 46.3 Å². The van der Waals surface area contributed by atoms with Crippen LogP contribution in [0.4, 0.5) is 0 Å². The summed E-state index contributed by atoms with van der Waals surface area (Å²) in [5.41, 5.74) is 1.77. The molecule has 0 aromatic heterocycles. The van der Waals surface area contributed by atoms with Crippen LogP contribution < -0.4 is 0 Å². The lowest BCUT2D eigenvalue weighted by atomic mass is 9.46. The van der Waals surface area contributed by atoms with E-state index >= 15 is 0 Å². The van der Waals surface area contributed by atoms with E-state index in [1.54, 1.807) is 0 Å². The molecule has 0 spiro atoms. The van der Waals surface area contributed by atoms with Crippen LogP contribution in [0.1, 0.15) is 92.4 Å². The molecule has 0 aromatic carbocycles. The Morgan fingerprint density at radius 2 is 1.57 bits per heavy atom. The van der Waals surface area contributed by atoms with E-state index in [0.717, 1.165) is 24.2 Å². The lowest BCUT2D eigenvalue weighted by Crippen LogP contribution is -2.59. The van der Waals surface area contributed by atoms with Crippen LogP contribution in [0.5, 0.6) is 0 Å². The van der Waals surface area contributed by atoms with Crippen LogP contribution >= 0.6 is 0 Å². The van der Waals surface area contributed by atoms with Gasteiger partial charge in [0.25, 0.3) is 0 Å². The van der Waals surface area contributed by atoms with Gasteiger partial charge >= 0.3 is 0 Å². The number of hydrogen-bond donors (Lipinski definition) is 3. The van der Waals surface area contributed by atoms with E-state index in [4.69, 9.17) is 0 Å². The highest BCUT2D eigenvalue weighted by atomic mass is 16.3. The van der Waals surface area contributed by atoms with Gasteiger partial charge in [0.1, 0.15) is 0 Å². The summed E-state index contributed by atoms with van der Waals surface area (Å²) in [6, 6.07) is 0. The molecule has 0 amide bonds. The second-order valence-electron chi connectivity index (χ2n) is 12.4. The molecule has 0 heterocycles. The van der Waals surface area contributed by atoms with Gasteiger partial charge in [-0.3, -0.25) is 0 Å². The third-order valence-corrected chi connectivity index (χ3v) is 10.3. The van der Waals surface area contributed by atoms with Gasteiger partial charge in [-0.1, -0.05) is 65.5 Å². The van der Waals surface area contributed by atoms with Crippen molar-refractivity contribution in [3.8, 4) is 0 Å². The van der Waals surface area contributed by atoms with Crippen molar-refractivity contribution in [2.24, 2.45) is 46.3 Å². The zero-order valence-electron chi connectivity index (χ0n) is 20.0. The highest BCUT2D eigenvalue weighted by Crippen LogP contribution is 2.67. The van der Waals surface area contributed by atoms with Gasteiger partial charge in [-0.05, 0) is 78.9 Å². The van der Waals surface area contributed by atoms with Gasteiger partial charge in [0, 0.05) is 5.92 Å². The molecular formula is C27H46O3. The Morgan fingerprint density at radius 3 is 2.27 bits per heavy atom. The van der Waals surface area contributed by atoms with E-state index < -0.39 is 18.3 Å². The average molecular weight is 419 g/mol. The van der Waals surface area contributed by atoms with Crippen molar-refractivity contribution < 1.29 is 15.3 Å². The van der Waals surface area contributed by atoms with E-state index in [9.17, 15) is 15.3 Å².